The minimum atomic E-state index is -4.83. The van der Waals surface area contributed by atoms with Gasteiger partial charge in [0.05, 0.1) is 24.2 Å². The summed E-state index contributed by atoms with van der Waals surface area (Å²) >= 11 is 0. The Hall–Kier alpha value is -3.04. The number of aryl methyl sites for hydroxylation is 1. The minimum Gasteiger partial charge on any atom is -0.481 e. The smallest absolute Gasteiger partial charge is 0.481 e. The van der Waals surface area contributed by atoms with Crippen LogP contribution < -0.4 is 10.1 Å². The summed E-state index contributed by atoms with van der Waals surface area (Å²) in [4.78, 5) is 23.5. The third-order valence-electron chi connectivity index (χ3n) is 3.68. The third kappa shape index (κ3) is 4.98. The van der Waals surface area contributed by atoms with Gasteiger partial charge in [0.1, 0.15) is 5.75 Å². The van der Waals surface area contributed by atoms with Gasteiger partial charge in [-0.1, -0.05) is 12.1 Å². The number of ether oxygens (including phenoxy) is 1. The number of amides is 1. The van der Waals surface area contributed by atoms with Crippen molar-refractivity contribution in [2.24, 2.45) is 7.05 Å². The zero-order valence-electron chi connectivity index (χ0n) is 13.9. The van der Waals surface area contributed by atoms with Gasteiger partial charge >= 0.3 is 12.3 Å². The first-order valence-electron chi connectivity index (χ1n) is 7.44. The van der Waals surface area contributed by atoms with Crippen LogP contribution in [0.25, 0.3) is 0 Å². The first-order valence-corrected chi connectivity index (χ1v) is 7.44. The molecule has 1 heterocycles. The first kappa shape index (κ1) is 19.3. The lowest BCUT2D eigenvalue weighted by molar-refractivity contribution is -0.274. The third-order valence-corrected chi connectivity index (χ3v) is 3.68. The maximum atomic E-state index is 12.4. The number of rotatable bonds is 6. The number of benzene rings is 1. The molecule has 26 heavy (non-hydrogen) atoms. The van der Waals surface area contributed by atoms with E-state index >= 15 is 0 Å². The SMILES string of the molecule is Cc1c(C(=O)NC(CC(=O)O)c2ccc(OC(F)(F)F)cc2)cnn1C. The lowest BCUT2D eigenvalue weighted by Gasteiger charge is -2.18. The van der Waals surface area contributed by atoms with Gasteiger partial charge in [0.15, 0.2) is 0 Å². The molecule has 0 saturated heterocycles. The minimum absolute atomic E-state index is 0.278. The number of aliphatic carboxylic acids is 1. The summed E-state index contributed by atoms with van der Waals surface area (Å²) in [6.07, 6.45) is -3.92. The lowest BCUT2D eigenvalue weighted by atomic mass is 10.0. The summed E-state index contributed by atoms with van der Waals surface area (Å²) in [7, 11) is 1.65. The van der Waals surface area contributed by atoms with Gasteiger partial charge in [0.2, 0.25) is 0 Å². The molecule has 2 N–H and O–H groups in total. The molecular formula is C16H16F3N3O4. The zero-order valence-corrected chi connectivity index (χ0v) is 13.9. The summed E-state index contributed by atoms with van der Waals surface area (Å²) in [6, 6.07) is 3.72. The predicted molar refractivity (Wildman–Crippen MR) is 83.5 cm³/mol. The standard InChI is InChI=1S/C16H16F3N3O4/c1-9-12(8-20-22(9)2)15(25)21-13(7-14(23)24)10-3-5-11(6-4-10)26-16(17,18)19/h3-6,8,13H,7H2,1-2H3,(H,21,25)(H,23,24). The number of carboxylic acid groups (broad SMARTS) is 1. The van der Waals surface area contributed by atoms with Crippen molar-refractivity contribution in [1.82, 2.24) is 15.1 Å². The van der Waals surface area contributed by atoms with Gasteiger partial charge in [-0.2, -0.15) is 5.10 Å². The van der Waals surface area contributed by atoms with Gasteiger partial charge in [-0.25, -0.2) is 0 Å². The largest absolute Gasteiger partial charge is 0.573 e. The molecule has 0 saturated carbocycles. The molecule has 0 aliphatic heterocycles. The van der Waals surface area contributed by atoms with E-state index in [9.17, 15) is 22.8 Å². The summed E-state index contributed by atoms with van der Waals surface area (Å²) < 4.78 is 41.9. The molecule has 1 aromatic heterocycles. The Morgan fingerprint density at radius 2 is 1.92 bits per heavy atom. The molecule has 1 aromatic carbocycles. The number of carbonyl (C=O) groups is 2. The molecule has 7 nitrogen and oxygen atoms in total. The van der Waals surface area contributed by atoms with Gasteiger partial charge in [0, 0.05) is 12.7 Å². The van der Waals surface area contributed by atoms with E-state index in [-0.39, 0.29) is 5.56 Å². The van der Waals surface area contributed by atoms with Crippen LogP contribution in [0, 0.1) is 6.92 Å². The summed E-state index contributed by atoms with van der Waals surface area (Å²) in [5.41, 5.74) is 1.20. The van der Waals surface area contributed by atoms with Crippen LogP contribution >= 0.6 is 0 Å². The number of nitrogens with zero attached hydrogens (tertiary/aromatic N) is 2. The normalized spacial score (nSPS) is 12.5. The number of halogens is 3. The number of carbonyl (C=O) groups excluding carboxylic acids is 1. The van der Waals surface area contributed by atoms with Crippen molar-refractivity contribution >= 4 is 11.9 Å². The molecule has 1 atom stereocenters. The molecule has 0 fully saturated rings. The van der Waals surface area contributed by atoms with Gasteiger partial charge in [-0.15, -0.1) is 13.2 Å². The maximum Gasteiger partial charge on any atom is 0.573 e. The fraction of sp³-hybridized carbons (Fsp3) is 0.312. The van der Waals surface area contributed by atoms with Crippen LogP contribution in [0.3, 0.4) is 0 Å². The van der Waals surface area contributed by atoms with Gasteiger partial charge in [-0.05, 0) is 24.6 Å². The average Bonchev–Trinajstić information content (AvgIpc) is 2.85. The molecule has 1 unspecified atom stereocenters. The van der Waals surface area contributed by atoms with Crippen LogP contribution in [0.15, 0.2) is 30.5 Å². The van der Waals surface area contributed by atoms with Crippen molar-refractivity contribution < 1.29 is 32.6 Å². The van der Waals surface area contributed by atoms with Gasteiger partial charge in [-0.3, -0.25) is 14.3 Å². The molecule has 10 heteroatoms. The highest BCUT2D eigenvalue weighted by Crippen LogP contribution is 2.25. The summed E-state index contributed by atoms with van der Waals surface area (Å²) in [6.45, 7) is 1.68. The van der Waals surface area contributed by atoms with E-state index in [2.05, 4.69) is 15.2 Å². The molecule has 0 aliphatic carbocycles. The number of alkyl halides is 3. The summed E-state index contributed by atoms with van der Waals surface area (Å²) in [5.74, 6) is -2.14. The van der Waals surface area contributed by atoms with E-state index in [1.54, 1.807) is 14.0 Å². The Morgan fingerprint density at radius 3 is 2.38 bits per heavy atom. The second-order valence-corrected chi connectivity index (χ2v) is 5.51. The predicted octanol–water partition coefficient (Wildman–Crippen LogP) is 2.57. The first-order chi connectivity index (χ1) is 12.1. The molecule has 0 bridgehead atoms. The second kappa shape index (κ2) is 7.46. The van der Waals surface area contributed by atoms with Crippen molar-refractivity contribution in [3.8, 4) is 5.75 Å². The monoisotopic (exact) mass is 371 g/mol. The van der Waals surface area contributed by atoms with Crippen molar-refractivity contribution in [1.29, 1.82) is 0 Å². The number of hydrogen-bond acceptors (Lipinski definition) is 4. The number of aromatic nitrogens is 2. The highest BCUT2D eigenvalue weighted by molar-refractivity contribution is 5.95. The fourth-order valence-electron chi connectivity index (χ4n) is 2.29. The van der Waals surface area contributed by atoms with Crippen LogP contribution in [0.5, 0.6) is 5.75 Å². The van der Waals surface area contributed by atoms with Crippen molar-refractivity contribution in [3.63, 3.8) is 0 Å². The highest BCUT2D eigenvalue weighted by atomic mass is 19.4. The highest BCUT2D eigenvalue weighted by Gasteiger charge is 2.31. The molecule has 0 radical (unpaired) electrons. The van der Waals surface area contributed by atoms with Crippen LogP contribution in [0.4, 0.5) is 13.2 Å². The van der Waals surface area contributed by atoms with E-state index in [0.717, 1.165) is 12.1 Å². The van der Waals surface area contributed by atoms with Crippen molar-refractivity contribution in [3.05, 3.63) is 47.3 Å². The number of carboxylic acids is 1. The van der Waals surface area contributed by atoms with E-state index in [4.69, 9.17) is 5.11 Å². The van der Waals surface area contributed by atoms with E-state index in [1.807, 2.05) is 0 Å². The quantitative estimate of drug-likeness (QED) is 0.814. The van der Waals surface area contributed by atoms with Gasteiger partial charge < -0.3 is 15.2 Å². The van der Waals surface area contributed by atoms with Crippen molar-refractivity contribution in [2.75, 3.05) is 0 Å². The Kier molecular flexibility index (Phi) is 5.53. The second-order valence-electron chi connectivity index (χ2n) is 5.51. The van der Waals surface area contributed by atoms with Crippen LogP contribution in [0.2, 0.25) is 0 Å². The van der Waals surface area contributed by atoms with E-state index in [1.165, 1.54) is 23.0 Å². The van der Waals surface area contributed by atoms with Crippen LogP contribution in [-0.2, 0) is 11.8 Å². The van der Waals surface area contributed by atoms with E-state index in [0.29, 0.717) is 11.3 Å². The maximum absolute atomic E-state index is 12.4. The molecular weight excluding hydrogens is 355 g/mol. The Bertz CT molecular complexity index is 800. The zero-order chi connectivity index (χ0) is 19.5. The van der Waals surface area contributed by atoms with Crippen molar-refractivity contribution in [2.45, 2.75) is 25.7 Å². The van der Waals surface area contributed by atoms with Crippen LogP contribution in [-0.4, -0.2) is 33.1 Å². The Labute approximate surface area is 146 Å². The average molecular weight is 371 g/mol. The molecule has 0 aliphatic rings. The van der Waals surface area contributed by atoms with E-state index < -0.39 is 36.5 Å². The number of nitrogens with one attached hydrogen (secondary N) is 1. The molecule has 140 valence electrons. The van der Waals surface area contributed by atoms with Gasteiger partial charge in [0.25, 0.3) is 5.91 Å². The summed E-state index contributed by atoms with van der Waals surface area (Å²) in [5, 5.41) is 15.6. The van der Waals surface area contributed by atoms with Crippen LogP contribution in [0.1, 0.15) is 34.1 Å². The lowest BCUT2D eigenvalue weighted by Crippen LogP contribution is -2.30. The molecule has 0 spiro atoms. The Morgan fingerprint density at radius 1 is 1.31 bits per heavy atom. The topological polar surface area (TPSA) is 93.5 Å². The molecule has 1 amide bonds. The molecule has 2 rings (SSSR count). The molecule has 2 aromatic rings. The Balaban J connectivity index is 2.20. The number of hydrogen-bond donors (Lipinski definition) is 2. The fourth-order valence-corrected chi connectivity index (χ4v) is 2.29.